The molecule has 1 amide bonds. The van der Waals surface area contributed by atoms with E-state index in [1.54, 1.807) is 0 Å². The van der Waals surface area contributed by atoms with Crippen LogP contribution in [0.3, 0.4) is 0 Å². The molecule has 1 saturated carbocycles. The second kappa shape index (κ2) is 8.96. The zero-order chi connectivity index (χ0) is 12.5. The zero-order valence-electron chi connectivity index (χ0n) is 11.0. The second-order valence-corrected chi connectivity index (χ2v) is 6.53. The highest BCUT2D eigenvalue weighted by molar-refractivity contribution is 9.09. The minimum absolute atomic E-state index is 0.233. The monoisotopic (exact) mass is 303 g/mol. The number of alkyl halides is 1. The molecule has 0 saturated heterocycles. The number of amides is 1. The Morgan fingerprint density at radius 3 is 2.71 bits per heavy atom. The molecule has 1 rings (SSSR count). The van der Waals surface area contributed by atoms with Crippen molar-refractivity contribution in [3.63, 3.8) is 0 Å². The lowest BCUT2D eigenvalue weighted by molar-refractivity contribution is -0.121. The molecule has 0 aromatic heterocycles. The van der Waals surface area contributed by atoms with Gasteiger partial charge in [0.15, 0.2) is 0 Å². The number of hydrogen-bond acceptors (Lipinski definition) is 1. The number of halogens is 1. The fourth-order valence-electron chi connectivity index (χ4n) is 2.54. The quantitative estimate of drug-likeness (QED) is 0.707. The van der Waals surface area contributed by atoms with Crippen molar-refractivity contribution in [1.29, 1.82) is 0 Å². The second-order valence-electron chi connectivity index (χ2n) is 5.23. The Hall–Kier alpha value is -0.0500. The SMILES string of the molecule is CCCC(Br)CNC(=O)CCC1CCCCC1. The Balaban J connectivity index is 2.04. The summed E-state index contributed by atoms with van der Waals surface area (Å²) in [6.07, 6.45) is 10.9. The maximum Gasteiger partial charge on any atom is 0.220 e. The lowest BCUT2D eigenvalue weighted by Gasteiger charge is -2.21. The molecule has 0 bridgehead atoms. The Morgan fingerprint density at radius 1 is 1.35 bits per heavy atom. The molecule has 1 aliphatic carbocycles. The summed E-state index contributed by atoms with van der Waals surface area (Å²) >= 11 is 3.58. The van der Waals surface area contributed by atoms with Crippen LogP contribution < -0.4 is 5.32 Å². The van der Waals surface area contributed by atoms with Crippen LogP contribution in [-0.4, -0.2) is 17.3 Å². The highest BCUT2D eigenvalue weighted by Crippen LogP contribution is 2.27. The molecule has 1 N–H and O–H groups in total. The molecule has 0 aromatic carbocycles. The summed E-state index contributed by atoms with van der Waals surface area (Å²) in [5.74, 6) is 1.04. The first kappa shape index (κ1) is 15.0. The number of carbonyl (C=O) groups is 1. The molecule has 1 fully saturated rings. The predicted octanol–water partition coefficient (Wildman–Crippen LogP) is 4.03. The van der Waals surface area contributed by atoms with Gasteiger partial charge in [0, 0.05) is 17.8 Å². The van der Waals surface area contributed by atoms with Gasteiger partial charge >= 0.3 is 0 Å². The van der Waals surface area contributed by atoms with Gasteiger partial charge in [-0.3, -0.25) is 4.79 Å². The first-order valence-electron chi connectivity index (χ1n) is 7.13. The van der Waals surface area contributed by atoms with Gasteiger partial charge in [0.05, 0.1) is 0 Å². The van der Waals surface area contributed by atoms with E-state index in [9.17, 15) is 4.79 Å². The van der Waals surface area contributed by atoms with E-state index in [1.807, 2.05) is 0 Å². The van der Waals surface area contributed by atoms with E-state index in [1.165, 1.54) is 32.1 Å². The van der Waals surface area contributed by atoms with E-state index in [2.05, 4.69) is 28.2 Å². The normalized spacial score (nSPS) is 18.9. The van der Waals surface area contributed by atoms with Gasteiger partial charge in [0.1, 0.15) is 0 Å². The van der Waals surface area contributed by atoms with Gasteiger partial charge < -0.3 is 5.32 Å². The van der Waals surface area contributed by atoms with Crippen molar-refractivity contribution in [2.75, 3.05) is 6.54 Å². The largest absolute Gasteiger partial charge is 0.355 e. The van der Waals surface area contributed by atoms with Crippen LogP contribution in [-0.2, 0) is 4.79 Å². The molecule has 1 atom stereocenters. The minimum Gasteiger partial charge on any atom is -0.355 e. The smallest absolute Gasteiger partial charge is 0.220 e. The van der Waals surface area contributed by atoms with Crippen LogP contribution in [0.15, 0.2) is 0 Å². The molecular weight excluding hydrogens is 278 g/mol. The average Bonchev–Trinajstić information content (AvgIpc) is 2.35. The van der Waals surface area contributed by atoms with Crippen molar-refractivity contribution < 1.29 is 4.79 Å². The Labute approximate surface area is 114 Å². The molecule has 100 valence electrons. The summed E-state index contributed by atoms with van der Waals surface area (Å²) < 4.78 is 0. The Morgan fingerprint density at radius 2 is 2.06 bits per heavy atom. The third-order valence-corrected chi connectivity index (χ3v) is 4.41. The summed E-state index contributed by atoms with van der Waals surface area (Å²) in [6, 6.07) is 0. The third-order valence-electron chi connectivity index (χ3n) is 3.63. The molecule has 0 heterocycles. The van der Waals surface area contributed by atoms with Gasteiger partial charge in [-0.2, -0.15) is 0 Å². The van der Waals surface area contributed by atoms with Crippen LogP contribution in [0.5, 0.6) is 0 Å². The van der Waals surface area contributed by atoms with E-state index in [-0.39, 0.29) is 5.91 Å². The minimum atomic E-state index is 0.233. The number of hydrogen-bond donors (Lipinski definition) is 1. The van der Waals surface area contributed by atoms with Gasteiger partial charge in [-0.1, -0.05) is 61.4 Å². The van der Waals surface area contributed by atoms with Crippen LogP contribution in [0.2, 0.25) is 0 Å². The third kappa shape index (κ3) is 7.07. The van der Waals surface area contributed by atoms with Crippen LogP contribution in [0.25, 0.3) is 0 Å². The topological polar surface area (TPSA) is 29.1 Å². The fourth-order valence-corrected chi connectivity index (χ4v) is 3.16. The predicted molar refractivity (Wildman–Crippen MR) is 76.4 cm³/mol. The molecule has 17 heavy (non-hydrogen) atoms. The van der Waals surface area contributed by atoms with Crippen molar-refractivity contribution in [2.45, 2.75) is 69.5 Å². The summed E-state index contributed by atoms with van der Waals surface area (Å²) in [5, 5.41) is 3.02. The van der Waals surface area contributed by atoms with Crippen LogP contribution in [0, 0.1) is 5.92 Å². The molecule has 3 heteroatoms. The van der Waals surface area contributed by atoms with Gasteiger partial charge in [-0.15, -0.1) is 0 Å². The van der Waals surface area contributed by atoms with Crippen molar-refractivity contribution in [2.24, 2.45) is 5.92 Å². The standard InChI is InChI=1S/C14H26BrNO/c1-2-6-13(15)11-16-14(17)10-9-12-7-4-3-5-8-12/h12-13H,2-11H2,1H3,(H,16,17). The number of nitrogens with one attached hydrogen (secondary N) is 1. The lowest BCUT2D eigenvalue weighted by Crippen LogP contribution is -2.29. The van der Waals surface area contributed by atoms with Crippen LogP contribution in [0.1, 0.15) is 64.7 Å². The van der Waals surface area contributed by atoms with E-state index >= 15 is 0 Å². The molecule has 0 aromatic rings. The summed E-state index contributed by atoms with van der Waals surface area (Å²) in [7, 11) is 0. The molecule has 0 radical (unpaired) electrons. The average molecular weight is 304 g/mol. The van der Waals surface area contributed by atoms with E-state index in [0.717, 1.165) is 38.1 Å². The summed E-state index contributed by atoms with van der Waals surface area (Å²) in [6.45, 7) is 2.94. The number of carbonyl (C=O) groups excluding carboxylic acids is 1. The summed E-state index contributed by atoms with van der Waals surface area (Å²) in [5.41, 5.74) is 0. The highest BCUT2D eigenvalue weighted by Gasteiger charge is 2.15. The van der Waals surface area contributed by atoms with Crippen molar-refractivity contribution >= 4 is 21.8 Å². The molecule has 0 spiro atoms. The summed E-state index contributed by atoms with van der Waals surface area (Å²) in [4.78, 5) is 12.1. The number of rotatable bonds is 7. The maximum absolute atomic E-state index is 11.7. The van der Waals surface area contributed by atoms with Gasteiger partial charge in [0.25, 0.3) is 0 Å². The van der Waals surface area contributed by atoms with Crippen molar-refractivity contribution in [3.05, 3.63) is 0 Å². The highest BCUT2D eigenvalue weighted by atomic mass is 79.9. The van der Waals surface area contributed by atoms with Crippen LogP contribution in [0.4, 0.5) is 0 Å². The molecule has 1 unspecified atom stereocenters. The van der Waals surface area contributed by atoms with E-state index in [4.69, 9.17) is 0 Å². The van der Waals surface area contributed by atoms with Gasteiger partial charge in [-0.05, 0) is 18.8 Å². The van der Waals surface area contributed by atoms with E-state index in [0.29, 0.717) is 4.83 Å². The first-order valence-corrected chi connectivity index (χ1v) is 8.04. The van der Waals surface area contributed by atoms with Gasteiger partial charge in [-0.25, -0.2) is 0 Å². The van der Waals surface area contributed by atoms with Gasteiger partial charge in [0.2, 0.25) is 5.91 Å². The van der Waals surface area contributed by atoms with E-state index < -0.39 is 0 Å². The lowest BCUT2D eigenvalue weighted by atomic mass is 9.86. The molecule has 0 aliphatic heterocycles. The molecule has 2 nitrogen and oxygen atoms in total. The maximum atomic E-state index is 11.7. The Bertz CT molecular complexity index is 214. The fraction of sp³-hybridized carbons (Fsp3) is 0.929. The Kier molecular flexibility index (Phi) is 7.91. The van der Waals surface area contributed by atoms with Crippen molar-refractivity contribution in [1.82, 2.24) is 5.32 Å². The van der Waals surface area contributed by atoms with Crippen LogP contribution >= 0.6 is 15.9 Å². The first-order chi connectivity index (χ1) is 8.22. The molecular formula is C14H26BrNO. The zero-order valence-corrected chi connectivity index (χ0v) is 12.6. The van der Waals surface area contributed by atoms with Crippen molar-refractivity contribution in [3.8, 4) is 0 Å². The molecule has 1 aliphatic rings.